The smallest absolute Gasteiger partial charge is 0.171 e. The first-order valence-corrected chi connectivity index (χ1v) is 6.62. The van der Waals surface area contributed by atoms with E-state index in [-0.39, 0.29) is 11.9 Å². The van der Waals surface area contributed by atoms with E-state index in [1.807, 2.05) is 19.1 Å². The van der Waals surface area contributed by atoms with Crippen LogP contribution in [0.4, 0.5) is 5.82 Å². The number of anilines is 1. The van der Waals surface area contributed by atoms with Crippen molar-refractivity contribution in [2.24, 2.45) is 10.9 Å². The molecule has 1 aromatic rings. The summed E-state index contributed by atoms with van der Waals surface area (Å²) in [6, 6.07) is 3.71. The van der Waals surface area contributed by atoms with Crippen LogP contribution in [-0.4, -0.2) is 60.3 Å². The van der Waals surface area contributed by atoms with Gasteiger partial charge in [0.1, 0.15) is 0 Å². The van der Waals surface area contributed by atoms with Gasteiger partial charge in [0, 0.05) is 32.4 Å². The van der Waals surface area contributed by atoms with Gasteiger partial charge in [0.05, 0.1) is 13.2 Å². The minimum Gasteiger partial charge on any atom is -0.493 e. The molecular weight excluding hydrogens is 258 g/mol. The van der Waals surface area contributed by atoms with Crippen molar-refractivity contribution in [3.63, 3.8) is 0 Å². The van der Waals surface area contributed by atoms with E-state index in [2.05, 4.69) is 19.9 Å². The fraction of sp³-hybridized carbons (Fsp3) is 0.538. The van der Waals surface area contributed by atoms with Crippen LogP contribution < -0.4 is 15.4 Å². The number of amidine groups is 1. The molecule has 1 aliphatic rings. The maximum atomic E-state index is 8.73. The normalized spacial score (nSPS) is 18.9. The second-order valence-electron chi connectivity index (χ2n) is 4.75. The molecule has 0 saturated carbocycles. The topological polar surface area (TPSA) is 87.2 Å². The molecule has 0 spiro atoms. The summed E-state index contributed by atoms with van der Waals surface area (Å²) in [7, 11) is 1.65. The van der Waals surface area contributed by atoms with Gasteiger partial charge in [0.2, 0.25) is 0 Å². The molecule has 110 valence electrons. The monoisotopic (exact) mass is 279 g/mol. The van der Waals surface area contributed by atoms with Gasteiger partial charge in [-0.05, 0) is 19.1 Å². The summed E-state index contributed by atoms with van der Waals surface area (Å²) in [6.45, 7) is 5.26. The van der Waals surface area contributed by atoms with E-state index in [4.69, 9.17) is 15.7 Å². The molecule has 0 bridgehead atoms. The SMILES string of the molecule is COc1cccnc1N1CCN(C(C)/C(N)=N/O)CC1. The van der Waals surface area contributed by atoms with Crippen LogP contribution in [-0.2, 0) is 0 Å². The van der Waals surface area contributed by atoms with E-state index in [1.54, 1.807) is 13.3 Å². The lowest BCUT2D eigenvalue weighted by molar-refractivity contribution is 0.229. The molecule has 1 aliphatic heterocycles. The van der Waals surface area contributed by atoms with Gasteiger partial charge >= 0.3 is 0 Å². The molecule has 0 aliphatic carbocycles. The molecule has 0 radical (unpaired) electrons. The number of oxime groups is 1. The van der Waals surface area contributed by atoms with Gasteiger partial charge in [0.15, 0.2) is 17.4 Å². The Balaban J connectivity index is 2.01. The molecule has 1 fully saturated rings. The maximum absolute atomic E-state index is 8.73. The Bertz CT molecular complexity index is 472. The standard InChI is InChI=1S/C13H21N5O2/c1-10(12(14)16-19)17-6-8-18(9-7-17)13-11(20-2)4-3-5-15-13/h3-5,10,19H,6-9H2,1-2H3,(H2,14,16). The number of ether oxygens (including phenoxy) is 1. The van der Waals surface area contributed by atoms with Crippen LogP contribution in [0.15, 0.2) is 23.5 Å². The number of hydrogen-bond acceptors (Lipinski definition) is 6. The van der Waals surface area contributed by atoms with Gasteiger partial charge < -0.3 is 20.6 Å². The number of pyridine rings is 1. The van der Waals surface area contributed by atoms with Crippen LogP contribution in [0.1, 0.15) is 6.92 Å². The molecule has 1 atom stereocenters. The summed E-state index contributed by atoms with van der Waals surface area (Å²) in [5.41, 5.74) is 5.65. The summed E-state index contributed by atoms with van der Waals surface area (Å²) in [6.07, 6.45) is 1.77. The van der Waals surface area contributed by atoms with E-state index in [0.29, 0.717) is 0 Å². The first-order valence-electron chi connectivity index (χ1n) is 6.62. The number of piperazine rings is 1. The van der Waals surface area contributed by atoms with Gasteiger partial charge in [-0.25, -0.2) is 4.98 Å². The van der Waals surface area contributed by atoms with Crippen molar-refractivity contribution in [1.82, 2.24) is 9.88 Å². The molecular formula is C13H21N5O2. The van der Waals surface area contributed by atoms with Crippen LogP contribution in [0.3, 0.4) is 0 Å². The van der Waals surface area contributed by atoms with E-state index in [1.165, 1.54) is 0 Å². The summed E-state index contributed by atoms with van der Waals surface area (Å²) < 4.78 is 5.34. The number of nitrogens with two attached hydrogens (primary N) is 1. The first kappa shape index (κ1) is 14.4. The van der Waals surface area contributed by atoms with Gasteiger partial charge in [-0.15, -0.1) is 0 Å². The summed E-state index contributed by atoms with van der Waals surface area (Å²) >= 11 is 0. The second kappa shape index (κ2) is 6.42. The van der Waals surface area contributed by atoms with Crippen molar-refractivity contribution >= 4 is 11.7 Å². The summed E-state index contributed by atoms with van der Waals surface area (Å²) in [5.74, 6) is 1.89. The molecule has 7 nitrogen and oxygen atoms in total. The first-order chi connectivity index (χ1) is 9.67. The van der Waals surface area contributed by atoms with Crippen molar-refractivity contribution in [3.8, 4) is 5.75 Å². The third kappa shape index (κ3) is 2.93. The zero-order valence-corrected chi connectivity index (χ0v) is 11.9. The second-order valence-corrected chi connectivity index (χ2v) is 4.75. The maximum Gasteiger partial charge on any atom is 0.171 e. The minimum absolute atomic E-state index is 0.0622. The predicted octanol–water partition coefficient (Wildman–Crippen LogP) is 0.347. The predicted molar refractivity (Wildman–Crippen MR) is 77.4 cm³/mol. The molecule has 0 amide bonds. The third-order valence-electron chi connectivity index (χ3n) is 3.68. The summed E-state index contributed by atoms with van der Waals surface area (Å²) in [4.78, 5) is 8.76. The molecule has 20 heavy (non-hydrogen) atoms. The molecule has 2 rings (SSSR count). The van der Waals surface area contributed by atoms with Crippen molar-refractivity contribution < 1.29 is 9.94 Å². The highest BCUT2D eigenvalue weighted by atomic mass is 16.5. The lowest BCUT2D eigenvalue weighted by atomic mass is 10.2. The zero-order chi connectivity index (χ0) is 14.5. The average Bonchev–Trinajstić information content (AvgIpc) is 2.53. The number of methoxy groups -OCH3 is 1. The molecule has 7 heteroatoms. The Labute approximate surface area is 118 Å². The Morgan fingerprint density at radius 1 is 1.45 bits per heavy atom. The number of hydrogen-bond donors (Lipinski definition) is 2. The van der Waals surface area contributed by atoms with E-state index in [0.717, 1.165) is 37.7 Å². The van der Waals surface area contributed by atoms with Crippen molar-refractivity contribution in [3.05, 3.63) is 18.3 Å². The Hall–Kier alpha value is -2.02. The Kier molecular flexibility index (Phi) is 4.62. The third-order valence-corrected chi connectivity index (χ3v) is 3.68. The van der Waals surface area contributed by atoms with Crippen LogP contribution in [0.5, 0.6) is 5.75 Å². The van der Waals surface area contributed by atoms with Crippen LogP contribution >= 0.6 is 0 Å². The molecule has 1 unspecified atom stereocenters. The highest BCUT2D eigenvalue weighted by Gasteiger charge is 2.25. The lowest BCUT2D eigenvalue weighted by Crippen LogP contribution is -2.53. The van der Waals surface area contributed by atoms with Crippen LogP contribution in [0.25, 0.3) is 0 Å². The molecule has 1 saturated heterocycles. The van der Waals surface area contributed by atoms with Crippen molar-refractivity contribution in [1.29, 1.82) is 0 Å². The van der Waals surface area contributed by atoms with Gasteiger partial charge in [-0.2, -0.15) is 0 Å². The number of rotatable bonds is 4. The van der Waals surface area contributed by atoms with Crippen molar-refractivity contribution in [2.75, 3.05) is 38.2 Å². The molecule has 1 aromatic heterocycles. The average molecular weight is 279 g/mol. The van der Waals surface area contributed by atoms with Gasteiger partial charge in [-0.1, -0.05) is 5.16 Å². The molecule has 3 N–H and O–H groups in total. The largest absolute Gasteiger partial charge is 0.493 e. The quantitative estimate of drug-likeness (QED) is 0.358. The van der Waals surface area contributed by atoms with E-state index < -0.39 is 0 Å². The molecule has 0 aromatic carbocycles. The Morgan fingerprint density at radius 3 is 2.75 bits per heavy atom. The zero-order valence-electron chi connectivity index (χ0n) is 11.9. The van der Waals surface area contributed by atoms with Crippen LogP contribution in [0.2, 0.25) is 0 Å². The lowest BCUT2D eigenvalue weighted by Gasteiger charge is -2.38. The summed E-state index contributed by atoms with van der Waals surface area (Å²) in [5, 5.41) is 11.8. The van der Waals surface area contributed by atoms with E-state index >= 15 is 0 Å². The Morgan fingerprint density at radius 2 is 2.15 bits per heavy atom. The highest BCUT2D eigenvalue weighted by Crippen LogP contribution is 2.25. The highest BCUT2D eigenvalue weighted by molar-refractivity contribution is 5.84. The number of nitrogens with zero attached hydrogens (tertiary/aromatic N) is 4. The number of aromatic nitrogens is 1. The fourth-order valence-corrected chi connectivity index (χ4v) is 2.37. The minimum atomic E-state index is -0.0622. The molecule has 2 heterocycles. The van der Waals surface area contributed by atoms with Gasteiger partial charge in [-0.3, -0.25) is 4.90 Å². The van der Waals surface area contributed by atoms with Gasteiger partial charge in [0.25, 0.3) is 0 Å². The van der Waals surface area contributed by atoms with E-state index in [9.17, 15) is 0 Å². The fourth-order valence-electron chi connectivity index (χ4n) is 2.37. The van der Waals surface area contributed by atoms with Crippen molar-refractivity contribution in [2.45, 2.75) is 13.0 Å². The van der Waals surface area contributed by atoms with Crippen LogP contribution in [0, 0.1) is 0 Å².